The Bertz CT molecular complexity index is 621. The van der Waals surface area contributed by atoms with Crippen LogP contribution in [0.15, 0.2) is 23.1 Å². The van der Waals surface area contributed by atoms with Gasteiger partial charge in [-0.25, -0.2) is 13.1 Å². The number of nitriles is 1. The summed E-state index contributed by atoms with van der Waals surface area (Å²) >= 11 is 5.90. The van der Waals surface area contributed by atoms with E-state index in [1.54, 1.807) is 0 Å². The van der Waals surface area contributed by atoms with Gasteiger partial charge < -0.3 is 10.1 Å². The van der Waals surface area contributed by atoms with Crippen molar-refractivity contribution >= 4 is 21.6 Å². The number of morpholine rings is 1. The van der Waals surface area contributed by atoms with Crippen LogP contribution in [-0.4, -0.2) is 40.8 Å². The summed E-state index contributed by atoms with van der Waals surface area (Å²) in [5, 5.41) is 11.9. The van der Waals surface area contributed by atoms with E-state index in [1.165, 1.54) is 18.2 Å². The molecule has 0 bridgehead atoms. The first-order valence-electron chi connectivity index (χ1n) is 6.04. The summed E-state index contributed by atoms with van der Waals surface area (Å²) in [6.45, 7) is 2.10. The number of ether oxygens (including phenoxy) is 1. The van der Waals surface area contributed by atoms with Gasteiger partial charge in [-0.2, -0.15) is 5.26 Å². The molecule has 0 radical (unpaired) electrons. The predicted molar refractivity (Wildman–Crippen MR) is 74.0 cm³/mol. The van der Waals surface area contributed by atoms with E-state index < -0.39 is 10.0 Å². The first-order valence-corrected chi connectivity index (χ1v) is 7.90. The molecular weight excluding hydrogens is 302 g/mol. The number of nitrogens with one attached hydrogen (secondary N) is 2. The molecule has 1 aromatic carbocycles. The zero-order valence-corrected chi connectivity index (χ0v) is 12.2. The van der Waals surface area contributed by atoms with Gasteiger partial charge in [0.1, 0.15) is 4.90 Å². The van der Waals surface area contributed by atoms with Gasteiger partial charge in [0.25, 0.3) is 0 Å². The fraction of sp³-hybridized carbons (Fsp3) is 0.417. The minimum absolute atomic E-state index is 0.0271. The molecule has 1 unspecified atom stereocenters. The standard InChI is InChI=1S/C12H14ClN3O3S/c13-11-5-9(6-14)1-2-12(11)20(17,18)16-8-10-7-15-3-4-19-10/h1-2,5,10,15-16H,3-4,7-8H2. The molecule has 20 heavy (non-hydrogen) atoms. The van der Waals surface area contributed by atoms with Gasteiger partial charge in [-0.15, -0.1) is 0 Å². The maximum atomic E-state index is 12.1. The zero-order valence-electron chi connectivity index (χ0n) is 10.6. The molecule has 1 saturated heterocycles. The average molecular weight is 316 g/mol. The summed E-state index contributed by atoms with van der Waals surface area (Å²) in [7, 11) is -3.71. The molecule has 8 heteroatoms. The number of sulfonamides is 1. The van der Waals surface area contributed by atoms with Crippen molar-refractivity contribution in [2.75, 3.05) is 26.2 Å². The van der Waals surface area contributed by atoms with E-state index in [4.69, 9.17) is 21.6 Å². The second-order valence-corrected chi connectivity index (χ2v) is 6.45. The smallest absolute Gasteiger partial charge is 0.242 e. The molecule has 1 aromatic rings. The molecule has 6 nitrogen and oxygen atoms in total. The van der Waals surface area contributed by atoms with Crippen LogP contribution in [0.5, 0.6) is 0 Å². The second kappa shape index (κ2) is 6.52. The van der Waals surface area contributed by atoms with Crippen LogP contribution in [0.2, 0.25) is 5.02 Å². The maximum Gasteiger partial charge on any atom is 0.242 e. The molecule has 2 N–H and O–H groups in total. The Kier molecular flexibility index (Phi) is 4.96. The van der Waals surface area contributed by atoms with Gasteiger partial charge in [-0.1, -0.05) is 11.6 Å². The van der Waals surface area contributed by atoms with Crippen LogP contribution in [0.3, 0.4) is 0 Å². The molecular formula is C12H14ClN3O3S. The highest BCUT2D eigenvalue weighted by atomic mass is 35.5. The summed E-state index contributed by atoms with van der Waals surface area (Å²) in [6.07, 6.45) is -0.198. The first kappa shape index (κ1) is 15.2. The number of rotatable bonds is 4. The number of hydrogen-bond acceptors (Lipinski definition) is 5. The van der Waals surface area contributed by atoms with E-state index in [9.17, 15) is 8.42 Å². The molecule has 2 rings (SSSR count). The summed E-state index contributed by atoms with van der Waals surface area (Å²) in [4.78, 5) is -0.0399. The van der Waals surface area contributed by atoms with Crippen molar-refractivity contribution in [1.82, 2.24) is 10.0 Å². The number of hydrogen-bond donors (Lipinski definition) is 2. The molecule has 1 heterocycles. The van der Waals surface area contributed by atoms with Gasteiger partial charge >= 0.3 is 0 Å². The SMILES string of the molecule is N#Cc1ccc(S(=O)(=O)NCC2CNCCO2)c(Cl)c1. The number of nitrogens with zero attached hydrogens (tertiary/aromatic N) is 1. The second-order valence-electron chi connectivity index (χ2n) is 4.31. The third-order valence-electron chi connectivity index (χ3n) is 2.86. The van der Waals surface area contributed by atoms with Crippen LogP contribution < -0.4 is 10.0 Å². The van der Waals surface area contributed by atoms with E-state index in [-0.39, 0.29) is 22.6 Å². The lowest BCUT2D eigenvalue weighted by Crippen LogP contribution is -2.45. The molecule has 1 aliphatic heterocycles. The van der Waals surface area contributed by atoms with Crippen molar-refractivity contribution in [3.05, 3.63) is 28.8 Å². The highest BCUT2D eigenvalue weighted by Crippen LogP contribution is 2.22. The highest BCUT2D eigenvalue weighted by Gasteiger charge is 2.21. The van der Waals surface area contributed by atoms with Crippen LogP contribution in [0.4, 0.5) is 0 Å². The Morgan fingerprint density at radius 3 is 2.95 bits per heavy atom. The van der Waals surface area contributed by atoms with Crippen LogP contribution in [0.25, 0.3) is 0 Å². The summed E-state index contributed by atoms with van der Waals surface area (Å²) in [5.41, 5.74) is 0.314. The average Bonchev–Trinajstić information content (AvgIpc) is 2.46. The van der Waals surface area contributed by atoms with Gasteiger partial charge in [0, 0.05) is 19.6 Å². The van der Waals surface area contributed by atoms with E-state index in [0.29, 0.717) is 18.7 Å². The number of halogens is 1. The molecule has 1 aliphatic rings. The normalized spacial score (nSPS) is 19.5. The fourth-order valence-corrected chi connectivity index (χ4v) is 3.43. The molecule has 0 amide bonds. The third kappa shape index (κ3) is 3.69. The Labute approximate surface area is 122 Å². The number of benzene rings is 1. The Balaban J connectivity index is 2.08. The van der Waals surface area contributed by atoms with Gasteiger partial charge in [0.05, 0.1) is 29.4 Å². The van der Waals surface area contributed by atoms with Crippen molar-refractivity contribution in [3.8, 4) is 6.07 Å². The fourth-order valence-electron chi connectivity index (χ4n) is 1.82. The largest absolute Gasteiger partial charge is 0.374 e. The minimum atomic E-state index is -3.71. The van der Waals surface area contributed by atoms with Crippen LogP contribution in [0, 0.1) is 11.3 Å². The van der Waals surface area contributed by atoms with Crippen LogP contribution >= 0.6 is 11.6 Å². The monoisotopic (exact) mass is 315 g/mol. The lowest BCUT2D eigenvalue weighted by molar-refractivity contribution is 0.0324. The summed E-state index contributed by atoms with van der Waals surface area (Å²) in [5.74, 6) is 0. The predicted octanol–water partition coefficient (Wildman–Crippen LogP) is 0.478. The Hall–Kier alpha value is -1.17. The minimum Gasteiger partial charge on any atom is -0.374 e. The van der Waals surface area contributed by atoms with E-state index in [1.807, 2.05) is 6.07 Å². The quantitative estimate of drug-likeness (QED) is 0.843. The van der Waals surface area contributed by atoms with E-state index >= 15 is 0 Å². The van der Waals surface area contributed by atoms with Gasteiger partial charge in [-0.05, 0) is 18.2 Å². The molecule has 0 aromatic heterocycles. The first-order chi connectivity index (χ1) is 9.53. The Morgan fingerprint density at radius 2 is 2.35 bits per heavy atom. The van der Waals surface area contributed by atoms with Crippen LogP contribution in [-0.2, 0) is 14.8 Å². The molecule has 0 saturated carbocycles. The lowest BCUT2D eigenvalue weighted by Gasteiger charge is -2.23. The van der Waals surface area contributed by atoms with Crippen molar-refractivity contribution in [2.45, 2.75) is 11.0 Å². The molecule has 1 fully saturated rings. The van der Waals surface area contributed by atoms with Crippen molar-refractivity contribution < 1.29 is 13.2 Å². The van der Waals surface area contributed by atoms with Gasteiger partial charge in [-0.3, -0.25) is 0 Å². The van der Waals surface area contributed by atoms with Crippen molar-refractivity contribution in [2.24, 2.45) is 0 Å². The summed E-state index contributed by atoms with van der Waals surface area (Å²) < 4.78 is 32.2. The molecule has 1 atom stereocenters. The summed E-state index contributed by atoms with van der Waals surface area (Å²) in [6, 6.07) is 5.97. The maximum absolute atomic E-state index is 12.1. The highest BCUT2D eigenvalue weighted by molar-refractivity contribution is 7.89. The van der Waals surface area contributed by atoms with Gasteiger partial charge in [0.15, 0.2) is 0 Å². The Morgan fingerprint density at radius 1 is 1.55 bits per heavy atom. The van der Waals surface area contributed by atoms with Crippen LogP contribution in [0.1, 0.15) is 5.56 Å². The van der Waals surface area contributed by atoms with Crippen molar-refractivity contribution in [3.63, 3.8) is 0 Å². The van der Waals surface area contributed by atoms with E-state index in [0.717, 1.165) is 6.54 Å². The van der Waals surface area contributed by atoms with Gasteiger partial charge in [0.2, 0.25) is 10.0 Å². The zero-order chi connectivity index (χ0) is 14.6. The third-order valence-corrected chi connectivity index (χ3v) is 4.76. The van der Waals surface area contributed by atoms with Crippen molar-refractivity contribution in [1.29, 1.82) is 5.26 Å². The molecule has 0 spiro atoms. The topological polar surface area (TPSA) is 91.2 Å². The molecule has 0 aliphatic carbocycles. The molecule has 108 valence electrons. The lowest BCUT2D eigenvalue weighted by atomic mass is 10.2. The van der Waals surface area contributed by atoms with E-state index in [2.05, 4.69) is 10.0 Å².